The smallest absolute Gasteiger partial charge is 0.226 e. The van der Waals surface area contributed by atoms with Crippen LogP contribution in [-0.2, 0) is 17.8 Å². The van der Waals surface area contributed by atoms with Gasteiger partial charge in [0.05, 0.1) is 0 Å². The summed E-state index contributed by atoms with van der Waals surface area (Å²) in [6.07, 6.45) is 0.896. The summed E-state index contributed by atoms with van der Waals surface area (Å²) in [5.41, 5.74) is 9.28. The van der Waals surface area contributed by atoms with Crippen molar-refractivity contribution < 1.29 is 4.79 Å². The van der Waals surface area contributed by atoms with E-state index in [1.807, 2.05) is 24.0 Å². The van der Waals surface area contributed by atoms with Gasteiger partial charge in [0.1, 0.15) is 0 Å². The van der Waals surface area contributed by atoms with E-state index < -0.39 is 0 Å². The summed E-state index contributed by atoms with van der Waals surface area (Å²) in [6, 6.07) is 8.27. The number of hydrogen-bond acceptors (Lipinski definition) is 2. The Morgan fingerprint density at radius 3 is 3.05 bits per heavy atom. The van der Waals surface area contributed by atoms with Crippen LogP contribution in [0.2, 0.25) is 0 Å². The molecule has 0 saturated heterocycles. The molecule has 19 heavy (non-hydrogen) atoms. The zero-order chi connectivity index (χ0) is 13.4. The Morgan fingerprint density at radius 1 is 1.47 bits per heavy atom. The molecule has 0 radical (unpaired) electrons. The molecule has 0 saturated carbocycles. The van der Waals surface area contributed by atoms with Crippen LogP contribution in [0.3, 0.4) is 0 Å². The minimum absolute atomic E-state index is 0.0910. The first-order valence-corrected chi connectivity index (χ1v) is 6.78. The average molecular weight is 257 g/mol. The van der Waals surface area contributed by atoms with Crippen molar-refractivity contribution in [2.24, 2.45) is 11.7 Å². The lowest BCUT2D eigenvalue weighted by molar-refractivity contribution is -0.135. The molecule has 0 aliphatic carbocycles. The molecule has 3 N–H and O–H groups in total. The van der Waals surface area contributed by atoms with Crippen LogP contribution in [0.15, 0.2) is 24.3 Å². The first-order valence-electron chi connectivity index (χ1n) is 6.78. The topological polar surface area (TPSA) is 62.1 Å². The quantitative estimate of drug-likeness (QED) is 0.859. The molecular weight excluding hydrogens is 238 g/mol. The van der Waals surface area contributed by atoms with Gasteiger partial charge in [-0.05, 0) is 6.07 Å². The number of hydrogen-bond donors (Lipinski definition) is 2. The summed E-state index contributed by atoms with van der Waals surface area (Å²) in [7, 11) is 0. The molecule has 1 aromatic heterocycles. The van der Waals surface area contributed by atoms with Gasteiger partial charge in [0.25, 0.3) is 0 Å². The van der Waals surface area contributed by atoms with Gasteiger partial charge >= 0.3 is 0 Å². The Hall–Kier alpha value is -1.81. The summed E-state index contributed by atoms with van der Waals surface area (Å²) >= 11 is 0. The number of amides is 1. The third-order valence-corrected chi connectivity index (χ3v) is 3.97. The van der Waals surface area contributed by atoms with E-state index in [2.05, 4.69) is 17.1 Å². The van der Waals surface area contributed by atoms with Crippen molar-refractivity contribution in [3.63, 3.8) is 0 Å². The largest absolute Gasteiger partial charge is 0.358 e. The van der Waals surface area contributed by atoms with Crippen LogP contribution in [0.5, 0.6) is 0 Å². The van der Waals surface area contributed by atoms with Crippen molar-refractivity contribution in [3.8, 4) is 0 Å². The Bertz CT molecular complexity index is 617. The standard InChI is InChI=1S/C15H19N3O/c1-10(8-16)15(19)18-7-6-14-12(9-18)11-4-2-3-5-13(11)17-14/h2-5,10,17H,6-9,16H2,1H3. The molecule has 1 aliphatic rings. The lowest BCUT2D eigenvalue weighted by Gasteiger charge is -2.29. The fraction of sp³-hybridized carbons (Fsp3) is 0.400. The zero-order valence-corrected chi connectivity index (χ0v) is 11.1. The predicted molar refractivity (Wildman–Crippen MR) is 75.6 cm³/mol. The van der Waals surface area contributed by atoms with Crippen LogP contribution in [0.1, 0.15) is 18.2 Å². The van der Waals surface area contributed by atoms with Crippen molar-refractivity contribution in [1.82, 2.24) is 9.88 Å². The molecule has 1 aromatic carbocycles. The van der Waals surface area contributed by atoms with Crippen LogP contribution in [0.25, 0.3) is 10.9 Å². The van der Waals surface area contributed by atoms with E-state index in [0.29, 0.717) is 13.1 Å². The number of benzene rings is 1. The first kappa shape index (κ1) is 12.2. The minimum Gasteiger partial charge on any atom is -0.358 e. The Balaban J connectivity index is 1.93. The number of fused-ring (bicyclic) bond motifs is 3. The average Bonchev–Trinajstić information content (AvgIpc) is 2.83. The number of nitrogens with zero attached hydrogens (tertiary/aromatic N) is 1. The van der Waals surface area contributed by atoms with Crippen LogP contribution in [-0.4, -0.2) is 28.9 Å². The van der Waals surface area contributed by atoms with E-state index in [4.69, 9.17) is 5.73 Å². The third kappa shape index (κ3) is 2.02. The number of aromatic nitrogens is 1. The second kappa shape index (κ2) is 4.70. The monoisotopic (exact) mass is 257 g/mol. The van der Waals surface area contributed by atoms with Crippen molar-refractivity contribution in [1.29, 1.82) is 0 Å². The van der Waals surface area contributed by atoms with Gasteiger partial charge in [-0.1, -0.05) is 25.1 Å². The Kier molecular flexibility index (Phi) is 3.03. The van der Waals surface area contributed by atoms with E-state index in [0.717, 1.165) is 18.5 Å². The van der Waals surface area contributed by atoms with E-state index in [1.165, 1.54) is 16.6 Å². The molecule has 4 nitrogen and oxygen atoms in total. The van der Waals surface area contributed by atoms with Crippen molar-refractivity contribution in [2.75, 3.05) is 13.1 Å². The second-order valence-corrected chi connectivity index (χ2v) is 5.27. The van der Waals surface area contributed by atoms with E-state index in [1.54, 1.807) is 0 Å². The molecule has 1 aliphatic heterocycles. The lowest BCUT2D eigenvalue weighted by Crippen LogP contribution is -2.40. The van der Waals surface area contributed by atoms with Gasteiger partial charge in [0, 0.05) is 54.1 Å². The number of H-pyrrole nitrogens is 1. The lowest BCUT2D eigenvalue weighted by atomic mass is 10.0. The highest BCUT2D eigenvalue weighted by Crippen LogP contribution is 2.28. The maximum Gasteiger partial charge on any atom is 0.226 e. The van der Waals surface area contributed by atoms with Gasteiger partial charge < -0.3 is 15.6 Å². The maximum atomic E-state index is 12.2. The third-order valence-electron chi connectivity index (χ3n) is 3.97. The summed E-state index contributed by atoms with van der Waals surface area (Å²) in [4.78, 5) is 17.6. The molecule has 1 unspecified atom stereocenters. The van der Waals surface area contributed by atoms with Gasteiger partial charge in [-0.25, -0.2) is 0 Å². The van der Waals surface area contributed by atoms with Gasteiger partial charge in [0.15, 0.2) is 0 Å². The Morgan fingerprint density at radius 2 is 2.26 bits per heavy atom. The van der Waals surface area contributed by atoms with Crippen LogP contribution < -0.4 is 5.73 Å². The normalized spacial score (nSPS) is 16.4. The summed E-state index contributed by atoms with van der Waals surface area (Å²) < 4.78 is 0. The van der Waals surface area contributed by atoms with Gasteiger partial charge in [-0.3, -0.25) is 4.79 Å². The van der Waals surface area contributed by atoms with E-state index in [-0.39, 0.29) is 11.8 Å². The van der Waals surface area contributed by atoms with Crippen LogP contribution in [0.4, 0.5) is 0 Å². The number of carbonyl (C=O) groups is 1. The van der Waals surface area contributed by atoms with Crippen LogP contribution >= 0.6 is 0 Å². The van der Waals surface area contributed by atoms with Crippen molar-refractivity contribution >= 4 is 16.8 Å². The van der Waals surface area contributed by atoms with Crippen molar-refractivity contribution in [2.45, 2.75) is 19.9 Å². The second-order valence-electron chi connectivity index (χ2n) is 5.27. The zero-order valence-electron chi connectivity index (χ0n) is 11.1. The number of carbonyl (C=O) groups excluding carboxylic acids is 1. The summed E-state index contributed by atoms with van der Waals surface area (Å²) in [5.74, 6) is 0.0742. The van der Waals surface area contributed by atoms with Gasteiger partial charge in [-0.15, -0.1) is 0 Å². The first-order chi connectivity index (χ1) is 9.20. The minimum atomic E-state index is -0.0910. The summed E-state index contributed by atoms with van der Waals surface area (Å²) in [5, 5.41) is 1.23. The number of nitrogens with two attached hydrogens (primary N) is 1. The molecule has 4 heteroatoms. The molecule has 100 valence electrons. The fourth-order valence-corrected chi connectivity index (χ4v) is 2.77. The van der Waals surface area contributed by atoms with E-state index >= 15 is 0 Å². The molecule has 0 bridgehead atoms. The molecule has 0 fully saturated rings. The van der Waals surface area contributed by atoms with Crippen molar-refractivity contribution in [3.05, 3.63) is 35.5 Å². The number of para-hydroxylation sites is 1. The molecular formula is C15H19N3O. The number of aromatic amines is 1. The molecule has 0 spiro atoms. The molecule has 2 heterocycles. The highest BCUT2D eigenvalue weighted by atomic mass is 16.2. The highest BCUT2D eigenvalue weighted by molar-refractivity contribution is 5.86. The highest BCUT2D eigenvalue weighted by Gasteiger charge is 2.26. The molecule has 1 amide bonds. The Labute approximate surface area is 112 Å². The SMILES string of the molecule is CC(CN)C(=O)N1CCc2[nH]c3ccccc3c2C1. The van der Waals surface area contributed by atoms with Crippen LogP contribution in [0, 0.1) is 5.92 Å². The number of rotatable bonds is 2. The number of nitrogens with one attached hydrogen (secondary N) is 1. The molecule has 2 aromatic rings. The summed E-state index contributed by atoms with van der Waals surface area (Å²) in [6.45, 7) is 3.79. The molecule has 3 rings (SSSR count). The maximum absolute atomic E-state index is 12.2. The van der Waals surface area contributed by atoms with Gasteiger partial charge in [-0.2, -0.15) is 0 Å². The van der Waals surface area contributed by atoms with Gasteiger partial charge in [0.2, 0.25) is 5.91 Å². The van der Waals surface area contributed by atoms with E-state index in [9.17, 15) is 4.79 Å². The molecule has 1 atom stereocenters. The predicted octanol–water partition coefficient (Wildman–Crippen LogP) is 1.65. The fourth-order valence-electron chi connectivity index (χ4n) is 2.77.